The number of carbonyl (C=O) groups is 4. The van der Waals surface area contributed by atoms with E-state index in [2.05, 4.69) is 17.2 Å². The summed E-state index contributed by atoms with van der Waals surface area (Å²) >= 11 is 0. The van der Waals surface area contributed by atoms with Crippen LogP contribution in [-0.2, 0) is 19.1 Å². The molecule has 188 valence electrons. The Morgan fingerprint density at radius 2 is 1.68 bits per heavy atom. The van der Waals surface area contributed by atoms with Crippen molar-refractivity contribution in [3.8, 4) is 0 Å². The van der Waals surface area contributed by atoms with Gasteiger partial charge in [0.1, 0.15) is 17.7 Å². The zero-order chi connectivity index (χ0) is 26.1. The van der Waals surface area contributed by atoms with E-state index in [1.807, 2.05) is 26.8 Å². The van der Waals surface area contributed by atoms with Crippen LogP contribution in [0.5, 0.6) is 0 Å². The van der Waals surface area contributed by atoms with Crippen molar-refractivity contribution in [3.05, 3.63) is 48.6 Å². The van der Waals surface area contributed by atoms with Crippen molar-refractivity contribution in [1.29, 1.82) is 0 Å². The number of alkyl carbamates (subject to hydrolysis) is 1. The lowest BCUT2D eigenvalue weighted by Gasteiger charge is -2.35. The molecule has 0 aliphatic heterocycles. The summed E-state index contributed by atoms with van der Waals surface area (Å²) < 4.78 is 5.29. The molecular weight excluding hydrogens is 436 g/mol. The maximum absolute atomic E-state index is 13.7. The van der Waals surface area contributed by atoms with Crippen molar-refractivity contribution < 1.29 is 23.9 Å². The molecule has 34 heavy (non-hydrogen) atoms. The molecule has 2 atom stereocenters. The molecule has 4 N–H and O–H groups in total. The lowest BCUT2D eigenvalue weighted by Crippen LogP contribution is -2.54. The summed E-state index contributed by atoms with van der Waals surface area (Å²) in [4.78, 5) is 52.3. The van der Waals surface area contributed by atoms with E-state index in [0.29, 0.717) is 5.56 Å². The van der Waals surface area contributed by atoms with Gasteiger partial charge in [-0.15, -0.1) is 6.58 Å². The van der Waals surface area contributed by atoms with Gasteiger partial charge in [0.25, 0.3) is 0 Å². The summed E-state index contributed by atoms with van der Waals surface area (Å²) in [6.45, 7) is 14.4. The van der Waals surface area contributed by atoms with E-state index in [0.717, 1.165) is 0 Å². The average molecular weight is 475 g/mol. The van der Waals surface area contributed by atoms with Gasteiger partial charge in [-0.25, -0.2) is 4.79 Å². The second-order valence-electron chi connectivity index (χ2n) is 10.0. The maximum Gasteiger partial charge on any atom is 0.408 e. The number of nitrogens with two attached hydrogens (primary N) is 1. The Labute approximate surface area is 202 Å². The van der Waals surface area contributed by atoms with Gasteiger partial charge in [-0.3, -0.25) is 14.4 Å². The van der Waals surface area contributed by atoms with Crippen LogP contribution in [0.3, 0.4) is 0 Å². The normalized spacial score (nSPS) is 13.2. The molecule has 1 aromatic carbocycles. The molecule has 9 nitrogen and oxygen atoms in total. The van der Waals surface area contributed by atoms with Gasteiger partial charge in [0, 0.05) is 18.5 Å². The monoisotopic (exact) mass is 474 g/mol. The lowest BCUT2D eigenvalue weighted by molar-refractivity contribution is -0.142. The third kappa shape index (κ3) is 10.1. The maximum atomic E-state index is 13.7. The number of nitrogens with one attached hydrogen (secondary N) is 2. The quantitative estimate of drug-likeness (QED) is 0.449. The molecule has 0 heterocycles. The Morgan fingerprint density at radius 3 is 2.15 bits per heavy atom. The van der Waals surface area contributed by atoms with Crippen LogP contribution in [0.1, 0.15) is 66.0 Å². The number of hydrogen-bond acceptors (Lipinski definition) is 5. The Hall–Kier alpha value is -3.36. The Balaban J connectivity index is 3.41. The third-order valence-electron chi connectivity index (χ3n) is 4.45. The number of amides is 4. The molecule has 1 aromatic rings. The van der Waals surface area contributed by atoms with Crippen LogP contribution in [0.15, 0.2) is 43.0 Å². The largest absolute Gasteiger partial charge is 0.444 e. The fraction of sp³-hybridized carbons (Fsp3) is 0.520. The molecular formula is C25H38N4O5. The van der Waals surface area contributed by atoms with E-state index >= 15 is 0 Å². The number of ether oxygens (including phenoxy) is 1. The number of rotatable bonds is 10. The molecule has 1 rings (SSSR count). The average Bonchev–Trinajstić information content (AvgIpc) is 2.68. The summed E-state index contributed by atoms with van der Waals surface area (Å²) in [5.41, 5.74) is 4.54. The molecule has 0 saturated heterocycles. The molecule has 0 aromatic heterocycles. The fourth-order valence-electron chi connectivity index (χ4n) is 3.20. The van der Waals surface area contributed by atoms with Gasteiger partial charge in [0.05, 0.1) is 0 Å². The number of primary amides is 1. The van der Waals surface area contributed by atoms with E-state index < -0.39 is 41.1 Å². The van der Waals surface area contributed by atoms with Crippen LogP contribution in [0.4, 0.5) is 4.79 Å². The Bertz CT molecular complexity index is 872. The molecule has 0 radical (unpaired) electrons. The van der Waals surface area contributed by atoms with Gasteiger partial charge >= 0.3 is 6.09 Å². The molecule has 0 bridgehead atoms. The van der Waals surface area contributed by atoms with Crippen molar-refractivity contribution >= 4 is 23.8 Å². The minimum atomic E-state index is -1.14. The van der Waals surface area contributed by atoms with Gasteiger partial charge in [0.2, 0.25) is 17.7 Å². The summed E-state index contributed by atoms with van der Waals surface area (Å²) in [6, 6.07) is 6.70. The minimum absolute atomic E-state index is 0.0268. The number of nitrogens with zero attached hydrogens (tertiary/aromatic N) is 1. The van der Waals surface area contributed by atoms with Gasteiger partial charge in [-0.2, -0.15) is 0 Å². The highest BCUT2D eigenvalue weighted by atomic mass is 16.6. The second kappa shape index (κ2) is 12.2. The predicted octanol–water partition coefficient (Wildman–Crippen LogP) is 2.82. The van der Waals surface area contributed by atoms with Gasteiger partial charge in [-0.05, 0) is 53.5 Å². The summed E-state index contributed by atoms with van der Waals surface area (Å²) in [6.07, 6.45) is 0.489. The van der Waals surface area contributed by atoms with Crippen LogP contribution in [0.25, 0.3) is 0 Å². The fourth-order valence-corrected chi connectivity index (χ4v) is 3.20. The Kier molecular flexibility index (Phi) is 10.3. The van der Waals surface area contributed by atoms with Crippen LogP contribution in [0, 0.1) is 0 Å². The highest BCUT2D eigenvalue weighted by molar-refractivity contribution is 5.92. The lowest BCUT2D eigenvalue weighted by atomic mass is 10.00. The molecule has 0 fully saturated rings. The van der Waals surface area contributed by atoms with Gasteiger partial charge in [0.15, 0.2) is 0 Å². The molecule has 0 spiro atoms. The zero-order valence-electron chi connectivity index (χ0n) is 21.0. The van der Waals surface area contributed by atoms with Crippen LogP contribution in [-0.4, -0.2) is 52.4 Å². The molecule has 0 aliphatic rings. The van der Waals surface area contributed by atoms with Crippen LogP contribution >= 0.6 is 0 Å². The highest BCUT2D eigenvalue weighted by Gasteiger charge is 2.36. The SMILES string of the molecule is C=CCN(C(=O)C(CCC(N)=O)NC(=O)OC(C)(C)C)C(C(=O)NC(C)(C)C)c1ccccc1. The molecule has 4 amide bonds. The van der Waals surface area contributed by atoms with Crippen molar-refractivity contribution in [2.45, 2.75) is 77.6 Å². The predicted molar refractivity (Wildman–Crippen MR) is 131 cm³/mol. The summed E-state index contributed by atoms with van der Waals surface area (Å²) in [5.74, 6) is -1.58. The topological polar surface area (TPSA) is 131 Å². The van der Waals surface area contributed by atoms with Crippen LogP contribution in [0.2, 0.25) is 0 Å². The number of carbonyl (C=O) groups excluding carboxylic acids is 4. The standard InChI is InChI=1S/C25H38N4O5/c1-8-16-29(20(17-12-10-9-11-13-17)21(31)28-24(2,3)4)22(32)18(14-15-19(26)30)27-23(33)34-25(5,6)7/h8-13,18,20H,1,14-16H2,2-7H3,(H2,26,30)(H,27,33)(H,28,31). The van der Waals surface area contributed by atoms with E-state index in [1.54, 1.807) is 45.0 Å². The van der Waals surface area contributed by atoms with E-state index in [4.69, 9.17) is 10.5 Å². The second-order valence-corrected chi connectivity index (χ2v) is 10.0. The number of benzene rings is 1. The van der Waals surface area contributed by atoms with Crippen molar-refractivity contribution in [1.82, 2.24) is 15.5 Å². The molecule has 0 aliphatic carbocycles. The summed E-state index contributed by atoms with van der Waals surface area (Å²) in [7, 11) is 0. The number of hydrogen-bond donors (Lipinski definition) is 3. The van der Waals surface area contributed by atoms with Gasteiger partial charge < -0.3 is 26.0 Å². The first kappa shape index (κ1) is 28.7. The van der Waals surface area contributed by atoms with Crippen molar-refractivity contribution in [3.63, 3.8) is 0 Å². The summed E-state index contributed by atoms with van der Waals surface area (Å²) in [5, 5.41) is 5.45. The first-order valence-electron chi connectivity index (χ1n) is 11.2. The van der Waals surface area contributed by atoms with E-state index in [-0.39, 0.29) is 25.3 Å². The van der Waals surface area contributed by atoms with E-state index in [1.165, 1.54) is 11.0 Å². The first-order valence-corrected chi connectivity index (χ1v) is 11.2. The van der Waals surface area contributed by atoms with E-state index in [9.17, 15) is 19.2 Å². The smallest absolute Gasteiger partial charge is 0.408 e. The van der Waals surface area contributed by atoms with Crippen molar-refractivity contribution in [2.24, 2.45) is 5.73 Å². The molecule has 9 heteroatoms. The molecule has 2 unspecified atom stereocenters. The third-order valence-corrected chi connectivity index (χ3v) is 4.45. The highest BCUT2D eigenvalue weighted by Crippen LogP contribution is 2.24. The van der Waals surface area contributed by atoms with Crippen molar-refractivity contribution in [2.75, 3.05) is 6.54 Å². The first-order chi connectivity index (χ1) is 15.6. The Morgan fingerprint density at radius 1 is 1.09 bits per heavy atom. The van der Waals surface area contributed by atoms with Gasteiger partial charge in [-0.1, -0.05) is 36.4 Å². The molecule has 0 saturated carbocycles. The zero-order valence-corrected chi connectivity index (χ0v) is 21.0. The van der Waals surface area contributed by atoms with Crippen LogP contribution < -0.4 is 16.4 Å². The minimum Gasteiger partial charge on any atom is -0.444 e.